The molecule has 0 N–H and O–H groups in total. The summed E-state index contributed by atoms with van der Waals surface area (Å²) < 4.78 is 38.4. The van der Waals surface area contributed by atoms with Gasteiger partial charge in [-0.2, -0.15) is 13.2 Å². The van der Waals surface area contributed by atoms with Crippen LogP contribution in [0.2, 0.25) is 0 Å². The van der Waals surface area contributed by atoms with Crippen LogP contribution in [0.1, 0.15) is 24.8 Å². The molecule has 0 radical (unpaired) electrons. The third-order valence-corrected chi connectivity index (χ3v) is 4.86. The predicted molar refractivity (Wildman–Crippen MR) is 87.7 cm³/mol. The molecule has 0 saturated carbocycles. The molecule has 1 aromatic heterocycles. The van der Waals surface area contributed by atoms with E-state index in [2.05, 4.69) is 14.8 Å². The van der Waals surface area contributed by atoms with Crippen LogP contribution in [-0.2, 0) is 6.18 Å². The summed E-state index contributed by atoms with van der Waals surface area (Å²) >= 11 is 0. The van der Waals surface area contributed by atoms with Crippen molar-refractivity contribution in [1.29, 1.82) is 0 Å². The first-order valence-electron chi connectivity index (χ1n) is 8.20. The molecule has 3 heterocycles. The van der Waals surface area contributed by atoms with Crippen LogP contribution in [0.3, 0.4) is 0 Å². The van der Waals surface area contributed by atoms with Gasteiger partial charge in [-0.15, -0.1) is 0 Å². The highest BCUT2D eigenvalue weighted by Crippen LogP contribution is 2.41. The molecule has 0 amide bonds. The van der Waals surface area contributed by atoms with Crippen molar-refractivity contribution in [3.63, 3.8) is 0 Å². The van der Waals surface area contributed by atoms with Gasteiger partial charge in [-0.1, -0.05) is 0 Å². The van der Waals surface area contributed by atoms with Gasteiger partial charge in [0.2, 0.25) is 0 Å². The molecule has 2 aliphatic rings. The molecule has 24 heavy (non-hydrogen) atoms. The molecule has 2 aromatic rings. The lowest BCUT2D eigenvalue weighted by molar-refractivity contribution is -0.137. The largest absolute Gasteiger partial charge is 0.416 e. The van der Waals surface area contributed by atoms with E-state index >= 15 is 0 Å². The van der Waals surface area contributed by atoms with Crippen LogP contribution in [0, 0.1) is 0 Å². The molecule has 4 rings (SSSR count). The Kier molecular flexibility index (Phi) is 3.62. The smallest absolute Gasteiger partial charge is 0.350 e. The van der Waals surface area contributed by atoms with Crippen LogP contribution >= 0.6 is 0 Å². The van der Waals surface area contributed by atoms with Crippen LogP contribution in [0.4, 0.5) is 30.4 Å². The minimum absolute atomic E-state index is 0.364. The number of benzene rings is 1. The number of hydrogen-bond donors (Lipinski definition) is 0. The van der Waals surface area contributed by atoms with Crippen LogP contribution in [0.15, 0.2) is 42.6 Å². The van der Waals surface area contributed by atoms with Crippen molar-refractivity contribution in [2.45, 2.75) is 31.5 Å². The molecule has 1 atom stereocenters. The lowest BCUT2D eigenvalue weighted by atomic mass is 9.98. The number of aromatic nitrogens is 1. The Hall–Kier alpha value is -2.24. The van der Waals surface area contributed by atoms with E-state index < -0.39 is 11.7 Å². The van der Waals surface area contributed by atoms with Crippen molar-refractivity contribution in [2.75, 3.05) is 22.9 Å². The quantitative estimate of drug-likeness (QED) is 0.760. The predicted octanol–water partition coefficient (Wildman–Crippen LogP) is 4.61. The molecule has 3 nitrogen and oxygen atoms in total. The average molecular weight is 333 g/mol. The summed E-state index contributed by atoms with van der Waals surface area (Å²) in [4.78, 5) is 8.98. The Morgan fingerprint density at radius 2 is 1.83 bits per heavy atom. The van der Waals surface area contributed by atoms with Gasteiger partial charge < -0.3 is 9.80 Å². The molecule has 1 aromatic carbocycles. The second kappa shape index (κ2) is 5.69. The minimum atomic E-state index is -4.31. The Balaban J connectivity index is 1.72. The topological polar surface area (TPSA) is 19.4 Å². The zero-order valence-electron chi connectivity index (χ0n) is 13.1. The molecule has 126 valence electrons. The van der Waals surface area contributed by atoms with Gasteiger partial charge in [-0.05, 0) is 55.7 Å². The summed E-state index contributed by atoms with van der Waals surface area (Å²) in [6, 6.07) is 9.64. The van der Waals surface area contributed by atoms with Crippen molar-refractivity contribution >= 4 is 17.2 Å². The Morgan fingerprint density at radius 1 is 1.04 bits per heavy atom. The molecule has 0 bridgehead atoms. The summed E-state index contributed by atoms with van der Waals surface area (Å²) in [6.45, 7) is 1.78. The zero-order valence-corrected chi connectivity index (χ0v) is 13.1. The molecule has 1 saturated heterocycles. The highest BCUT2D eigenvalue weighted by atomic mass is 19.4. The van der Waals surface area contributed by atoms with Gasteiger partial charge in [0.25, 0.3) is 0 Å². The van der Waals surface area contributed by atoms with Crippen LogP contribution < -0.4 is 9.80 Å². The van der Waals surface area contributed by atoms with E-state index in [1.54, 1.807) is 18.3 Å². The number of hydrogen-bond acceptors (Lipinski definition) is 3. The third-order valence-electron chi connectivity index (χ3n) is 4.86. The summed E-state index contributed by atoms with van der Waals surface area (Å²) in [7, 11) is 0. The minimum Gasteiger partial charge on any atom is -0.350 e. The van der Waals surface area contributed by atoms with Gasteiger partial charge in [0.05, 0.1) is 11.3 Å². The van der Waals surface area contributed by atoms with Crippen LogP contribution in [0.25, 0.3) is 0 Å². The first kappa shape index (κ1) is 15.3. The zero-order chi connectivity index (χ0) is 16.7. The maximum atomic E-state index is 12.8. The summed E-state index contributed by atoms with van der Waals surface area (Å²) in [5.74, 6) is 0.938. The highest BCUT2D eigenvalue weighted by molar-refractivity contribution is 5.77. The van der Waals surface area contributed by atoms with Gasteiger partial charge in [0.1, 0.15) is 0 Å². The highest BCUT2D eigenvalue weighted by Gasteiger charge is 2.34. The third kappa shape index (κ3) is 2.60. The number of rotatable bonds is 1. The fraction of sp³-hybridized carbons (Fsp3) is 0.389. The van der Waals surface area contributed by atoms with Gasteiger partial charge in [0.15, 0.2) is 5.82 Å². The van der Waals surface area contributed by atoms with Crippen molar-refractivity contribution in [2.24, 2.45) is 0 Å². The number of piperidine rings is 1. The van der Waals surface area contributed by atoms with E-state index in [1.807, 2.05) is 12.1 Å². The first-order chi connectivity index (χ1) is 11.5. The van der Waals surface area contributed by atoms with Crippen molar-refractivity contribution in [1.82, 2.24) is 4.98 Å². The van der Waals surface area contributed by atoms with E-state index in [0.717, 1.165) is 55.3 Å². The van der Waals surface area contributed by atoms with E-state index in [0.29, 0.717) is 6.04 Å². The van der Waals surface area contributed by atoms with E-state index in [1.165, 1.54) is 6.42 Å². The van der Waals surface area contributed by atoms with Gasteiger partial charge in [-0.25, -0.2) is 4.98 Å². The van der Waals surface area contributed by atoms with E-state index in [4.69, 9.17) is 0 Å². The SMILES string of the molecule is FC(F)(F)c1ccc(N2CC3CCCCN3c3ncccc32)cc1. The Bertz CT molecular complexity index is 727. The maximum Gasteiger partial charge on any atom is 0.416 e. The summed E-state index contributed by atoms with van der Waals surface area (Å²) in [5, 5.41) is 0. The molecule has 1 unspecified atom stereocenters. The summed E-state index contributed by atoms with van der Waals surface area (Å²) in [5.41, 5.74) is 1.13. The molecular formula is C18H18F3N3. The number of fused-ring (bicyclic) bond motifs is 3. The van der Waals surface area contributed by atoms with Crippen molar-refractivity contribution < 1.29 is 13.2 Å². The van der Waals surface area contributed by atoms with Crippen LogP contribution in [-0.4, -0.2) is 24.1 Å². The maximum absolute atomic E-state index is 12.8. The van der Waals surface area contributed by atoms with Crippen molar-refractivity contribution in [3.8, 4) is 0 Å². The number of halogens is 3. The van der Waals surface area contributed by atoms with E-state index in [-0.39, 0.29) is 0 Å². The second-order valence-corrected chi connectivity index (χ2v) is 6.34. The molecule has 1 fully saturated rings. The molecule has 0 spiro atoms. The lowest BCUT2D eigenvalue weighted by Gasteiger charge is -2.46. The fourth-order valence-electron chi connectivity index (χ4n) is 3.67. The standard InChI is InChI=1S/C18H18F3N3/c19-18(20,21)13-6-8-14(9-7-13)24-12-15-4-1-2-11-23(15)17-16(24)5-3-10-22-17/h3,5-10,15H,1-2,4,11-12H2. The molecule has 2 aliphatic heterocycles. The average Bonchev–Trinajstić information content (AvgIpc) is 2.60. The van der Waals surface area contributed by atoms with Crippen LogP contribution in [0.5, 0.6) is 0 Å². The van der Waals surface area contributed by atoms with Gasteiger partial charge in [0, 0.05) is 31.0 Å². The van der Waals surface area contributed by atoms with Gasteiger partial charge >= 0.3 is 6.18 Å². The molecular weight excluding hydrogens is 315 g/mol. The molecule has 0 aliphatic carbocycles. The lowest BCUT2D eigenvalue weighted by Crippen LogP contribution is -2.50. The molecule has 6 heteroatoms. The second-order valence-electron chi connectivity index (χ2n) is 6.34. The fourth-order valence-corrected chi connectivity index (χ4v) is 3.67. The van der Waals surface area contributed by atoms with Gasteiger partial charge in [-0.3, -0.25) is 0 Å². The Labute approximate surface area is 138 Å². The number of alkyl halides is 3. The normalized spacial score (nSPS) is 20.5. The Morgan fingerprint density at radius 3 is 2.58 bits per heavy atom. The number of nitrogens with zero attached hydrogens (tertiary/aromatic N) is 3. The first-order valence-corrected chi connectivity index (χ1v) is 8.20. The van der Waals surface area contributed by atoms with E-state index in [9.17, 15) is 13.2 Å². The van der Waals surface area contributed by atoms with Crippen molar-refractivity contribution in [3.05, 3.63) is 48.2 Å². The summed E-state index contributed by atoms with van der Waals surface area (Å²) in [6.07, 6.45) is 0.908. The monoisotopic (exact) mass is 333 g/mol. The number of anilines is 3. The number of pyridine rings is 1.